The van der Waals surface area contributed by atoms with E-state index in [2.05, 4.69) is 18.8 Å². The predicted octanol–water partition coefficient (Wildman–Crippen LogP) is 2.93. The number of alkyl halides is 1. The Bertz CT molecular complexity index is 342. The summed E-state index contributed by atoms with van der Waals surface area (Å²) in [6, 6.07) is 3.79. The number of hydrogen-bond acceptors (Lipinski definition) is 3. The molecule has 0 aromatic carbocycles. The molecule has 0 atom stereocenters. The molecule has 0 unspecified atom stereocenters. The van der Waals surface area contributed by atoms with Gasteiger partial charge in [-0.05, 0) is 32.9 Å². The number of ether oxygens (including phenoxy) is 1. The monoisotopic (exact) mass is 242 g/mol. The first kappa shape index (κ1) is 13.1. The van der Waals surface area contributed by atoms with E-state index in [0.29, 0.717) is 12.5 Å². The minimum atomic E-state index is -0.151. The standard InChI is InChI=1S/C12H19ClN2O/c1-5-16-10-7-6-8-14-11(10)15(4)12(2,3)9-13/h6-8H,5,9H2,1-4H3. The van der Waals surface area contributed by atoms with Gasteiger partial charge in [-0.25, -0.2) is 4.98 Å². The molecular formula is C12H19ClN2O. The molecule has 0 saturated heterocycles. The molecule has 1 heterocycles. The van der Waals surface area contributed by atoms with Crippen molar-refractivity contribution >= 4 is 17.4 Å². The smallest absolute Gasteiger partial charge is 0.171 e. The van der Waals surface area contributed by atoms with Crippen molar-refractivity contribution < 1.29 is 4.74 Å². The molecule has 0 radical (unpaired) electrons. The molecule has 0 saturated carbocycles. The van der Waals surface area contributed by atoms with Crippen LogP contribution >= 0.6 is 11.6 Å². The van der Waals surface area contributed by atoms with Gasteiger partial charge >= 0.3 is 0 Å². The lowest BCUT2D eigenvalue weighted by atomic mass is 10.1. The Morgan fingerprint density at radius 1 is 1.50 bits per heavy atom. The van der Waals surface area contributed by atoms with E-state index in [1.54, 1.807) is 6.20 Å². The maximum Gasteiger partial charge on any atom is 0.171 e. The van der Waals surface area contributed by atoms with Gasteiger partial charge in [-0.2, -0.15) is 0 Å². The lowest BCUT2D eigenvalue weighted by Crippen LogP contribution is -2.43. The third-order valence-electron chi connectivity index (χ3n) is 2.60. The van der Waals surface area contributed by atoms with Crippen LogP contribution in [0.2, 0.25) is 0 Å². The maximum atomic E-state index is 5.96. The average Bonchev–Trinajstić information content (AvgIpc) is 2.29. The fraction of sp³-hybridized carbons (Fsp3) is 0.583. The van der Waals surface area contributed by atoms with Crippen molar-refractivity contribution in [3.05, 3.63) is 18.3 Å². The molecule has 0 N–H and O–H groups in total. The van der Waals surface area contributed by atoms with Crippen LogP contribution < -0.4 is 9.64 Å². The molecule has 1 aromatic rings. The summed E-state index contributed by atoms with van der Waals surface area (Å²) >= 11 is 5.96. The first-order valence-electron chi connectivity index (χ1n) is 5.40. The van der Waals surface area contributed by atoms with Gasteiger partial charge in [0.15, 0.2) is 11.6 Å². The Morgan fingerprint density at radius 3 is 2.75 bits per heavy atom. The molecule has 1 rings (SSSR count). The summed E-state index contributed by atoms with van der Waals surface area (Å²) in [5, 5.41) is 0. The van der Waals surface area contributed by atoms with Crippen LogP contribution in [0.4, 0.5) is 5.82 Å². The van der Waals surface area contributed by atoms with E-state index in [0.717, 1.165) is 11.6 Å². The molecule has 0 aliphatic carbocycles. The maximum absolute atomic E-state index is 5.96. The highest BCUT2D eigenvalue weighted by Crippen LogP contribution is 2.29. The van der Waals surface area contributed by atoms with Crippen LogP contribution in [0.5, 0.6) is 5.75 Å². The van der Waals surface area contributed by atoms with Crippen molar-refractivity contribution in [3.8, 4) is 5.75 Å². The third kappa shape index (κ3) is 2.79. The summed E-state index contributed by atoms with van der Waals surface area (Å²) < 4.78 is 5.55. The van der Waals surface area contributed by atoms with E-state index in [1.807, 2.05) is 31.0 Å². The number of rotatable bonds is 5. The second kappa shape index (κ2) is 5.39. The molecular weight excluding hydrogens is 224 g/mol. The SMILES string of the molecule is CCOc1cccnc1N(C)C(C)(C)CCl. The minimum Gasteiger partial charge on any atom is -0.490 e. The summed E-state index contributed by atoms with van der Waals surface area (Å²) in [5.41, 5.74) is -0.151. The Balaban J connectivity index is 3.02. The largest absolute Gasteiger partial charge is 0.490 e. The number of aromatic nitrogens is 1. The summed E-state index contributed by atoms with van der Waals surface area (Å²) in [6.45, 7) is 6.74. The lowest BCUT2D eigenvalue weighted by molar-refractivity contribution is 0.337. The molecule has 90 valence electrons. The van der Waals surface area contributed by atoms with Crippen molar-refractivity contribution in [1.29, 1.82) is 0 Å². The first-order chi connectivity index (χ1) is 7.53. The van der Waals surface area contributed by atoms with E-state index in [9.17, 15) is 0 Å². The number of nitrogens with zero attached hydrogens (tertiary/aromatic N) is 2. The summed E-state index contributed by atoms with van der Waals surface area (Å²) in [6.07, 6.45) is 1.76. The highest BCUT2D eigenvalue weighted by atomic mass is 35.5. The normalized spacial score (nSPS) is 11.3. The molecule has 4 heteroatoms. The Hall–Kier alpha value is -0.960. The molecule has 0 bridgehead atoms. The van der Waals surface area contributed by atoms with Crippen molar-refractivity contribution in [2.75, 3.05) is 24.4 Å². The van der Waals surface area contributed by atoms with Crippen LogP contribution in [0, 0.1) is 0 Å². The van der Waals surface area contributed by atoms with Crippen LogP contribution in [0.25, 0.3) is 0 Å². The van der Waals surface area contributed by atoms with Crippen LogP contribution in [0.15, 0.2) is 18.3 Å². The molecule has 1 aromatic heterocycles. The van der Waals surface area contributed by atoms with Crippen molar-refractivity contribution in [1.82, 2.24) is 4.98 Å². The van der Waals surface area contributed by atoms with Gasteiger partial charge in [-0.3, -0.25) is 0 Å². The molecule has 3 nitrogen and oxygen atoms in total. The van der Waals surface area contributed by atoms with Gasteiger partial charge in [0.2, 0.25) is 0 Å². The van der Waals surface area contributed by atoms with Gasteiger partial charge < -0.3 is 9.64 Å². The van der Waals surface area contributed by atoms with Crippen molar-refractivity contribution in [2.24, 2.45) is 0 Å². The van der Waals surface area contributed by atoms with Gasteiger partial charge in [-0.15, -0.1) is 11.6 Å². The number of pyridine rings is 1. The zero-order valence-corrected chi connectivity index (χ0v) is 11.1. The van der Waals surface area contributed by atoms with E-state index in [4.69, 9.17) is 16.3 Å². The fourth-order valence-corrected chi connectivity index (χ4v) is 1.46. The van der Waals surface area contributed by atoms with Gasteiger partial charge in [0, 0.05) is 24.7 Å². The topological polar surface area (TPSA) is 25.4 Å². The predicted molar refractivity (Wildman–Crippen MR) is 68.6 cm³/mol. The molecule has 0 fully saturated rings. The lowest BCUT2D eigenvalue weighted by Gasteiger charge is -2.35. The Labute approximate surface area is 102 Å². The number of anilines is 1. The minimum absolute atomic E-state index is 0.151. The number of halogens is 1. The molecule has 0 amide bonds. The summed E-state index contributed by atoms with van der Waals surface area (Å²) in [5.74, 6) is 2.16. The molecule has 0 spiro atoms. The van der Waals surface area contributed by atoms with Gasteiger partial charge in [0.25, 0.3) is 0 Å². The van der Waals surface area contributed by atoms with E-state index in [-0.39, 0.29) is 5.54 Å². The quantitative estimate of drug-likeness (QED) is 0.743. The highest BCUT2D eigenvalue weighted by Gasteiger charge is 2.25. The molecule has 16 heavy (non-hydrogen) atoms. The Kier molecular flexibility index (Phi) is 4.42. The molecule has 0 aliphatic heterocycles. The van der Waals surface area contributed by atoms with Crippen LogP contribution in [-0.4, -0.2) is 30.1 Å². The van der Waals surface area contributed by atoms with Gasteiger partial charge in [-0.1, -0.05) is 0 Å². The van der Waals surface area contributed by atoms with Crippen LogP contribution in [0.3, 0.4) is 0 Å². The molecule has 0 aliphatic rings. The van der Waals surface area contributed by atoms with Gasteiger partial charge in [0.05, 0.1) is 6.61 Å². The first-order valence-corrected chi connectivity index (χ1v) is 5.94. The van der Waals surface area contributed by atoms with Crippen molar-refractivity contribution in [3.63, 3.8) is 0 Å². The van der Waals surface area contributed by atoms with E-state index >= 15 is 0 Å². The second-order valence-corrected chi connectivity index (χ2v) is 4.53. The van der Waals surface area contributed by atoms with Crippen LogP contribution in [-0.2, 0) is 0 Å². The zero-order valence-electron chi connectivity index (χ0n) is 10.3. The summed E-state index contributed by atoms with van der Waals surface area (Å²) in [7, 11) is 1.98. The van der Waals surface area contributed by atoms with Gasteiger partial charge in [0.1, 0.15) is 0 Å². The van der Waals surface area contributed by atoms with Crippen molar-refractivity contribution in [2.45, 2.75) is 26.3 Å². The zero-order chi connectivity index (χ0) is 12.2. The Morgan fingerprint density at radius 2 is 2.19 bits per heavy atom. The third-order valence-corrected chi connectivity index (χ3v) is 3.26. The summed E-state index contributed by atoms with van der Waals surface area (Å²) in [4.78, 5) is 6.40. The van der Waals surface area contributed by atoms with Crippen LogP contribution in [0.1, 0.15) is 20.8 Å². The number of hydrogen-bond donors (Lipinski definition) is 0. The average molecular weight is 243 g/mol. The van der Waals surface area contributed by atoms with E-state index in [1.165, 1.54) is 0 Å². The fourth-order valence-electron chi connectivity index (χ4n) is 1.28. The highest BCUT2D eigenvalue weighted by molar-refractivity contribution is 6.18. The second-order valence-electron chi connectivity index (χ2n) is 4.26. The van der Waals surface area contributed by atoms with E-state index < -0.39 is 0 Å².